The van der Waals surface area contributed by atoms with Crippen LogP contribution in [0, 0.1) is 0 Å². The Bertz CT molecular complexity index is 680. The zero-order chi connectivity index (χ0) is 16.2. The molecule has 8 nitrogen and oxygen atoms in total. The van der Waals surface area contributed by atoms with E-state index in [1.165, 1.54) is 12.8 Å². The van der Waals surface area contributed by atoms with Gasteiger partial charge in [0.1, 0.15) is 5.82 Å². The van der Waals surface area contributed by atoms with E-state index in [4.69, 9.17) is 5.73 Å². The zero-order valence-corrected chi connectivity index (χ0v) is 12.9. The quantitative estimate of drug-likeness (QED) is 0.859. The Kier molecular flexibility index (Phi) is 4.42. The molecular formula is C15H19N7O. The minimum absolute atomic E-state index is 0.296. The molecule has 0 bridgehead atoms. The van der Waals surface area contributed by atoms with Crippen molar-refractivity contribution < 1.29 is 4.79 Å². The normalized spacial score (nSPS) is 15.5. The maximum Gasteiger partial charge on any atom is 0.242 e. The molecule has 3 N–H and O–H groups in total. The van der Waals surface area contributed by atoms with Crippen molar-refractivity contribution in [2.45, 2.75) is 25.8 Å². The number of nitrogens with zero attached hydrogens (tertiary/aromatic N) is 5. The molecule has 0 aliphatic carbocycles. The number of nitrogens with two attached hydrogens (primary N) is 1. The van der Waals surface area contributed by atoms with Crippen molar-refractivity contribution in [1.29, 1.82) is 0 Å². The fourth-order valence-electron chi connectivity index (χ4n) is 2.32. The first-order valence-corrected chi connectivity index (χ1v) is 7.60. The molecule has 0 saturated carbocycles. The maximum absolute atomic E-state index is 11.6. The Morgan fingerprint density at radius 1 is 1.26 bits per heavy atom. The number of amides is 1. The monoisotopic (exact) mass is 313 g/mol. The second-order valence-electron chi connectivity index (χ2n) is 5.51. The first kappa shape index (κ1) is 15.3. The second-order valence-corrected chi connectivity index (χ2v) is 5.51. The van der Waals surface area contributed by atoms with Crippen LogP contribution in [-0.4, -0.2) is 45.0 Å². The Morgan fingerprint density at radius 3 is 2.61 bits per heavy atom. The van der Waals surface area contributed by atoms with E-state index < -0.39 is 6.04 Å². The van der Waals surface area contributed by atoms with Crippen molar-refractivity contribution in [3.63, 3.8) is 0 Å². The molecule has 8 heteroatoms. The average molecular weight is 313 g/mol. The highest BCUT2D eigenvalue weighted by Gasteiger charge is 2.15. The molecule has 1 saturated heterocycles. The van der Waals surface area contributed by atoms with Gasteiger partial charge in [-0.3, -0.25) is 4.79 Å². The summed E-state index contributed by atoms with van der Waals surface area (Å²) in [6, 6.07) is 1.01. The molecule has 1 unspecified atom stereocenters. The Morgan fingerprint density at radius 2 is 1.96 bits per heavy atom. The summed E-state index contributed by atoms with van der Waals surface area (Å²) >= 11 is 0. The van der Waals surface area contributed by atoms with E-state index >= 15 is 0 Å². The Balaban J connectivity index is 1.77. The number of nitrogens with one attached hydrogen (secondary N) is 1. The van der Waals surface area contributed by atoms with E-state index in [-0.39, 0.29) is 5.91 Å². The second kappa shape index (κ2) is 6.66. The number of hydrogen-bond donors (Lipinski definition) is 2. The molecule has 1 amide bonds. The van der Waals surface area contributed by atoms with Gasteiger partial charge in [0.2, 0.25) is 11.9 Å². The van der Waals surface area contributed by atoms with Crippen LogP contribution in [0.5, 0.6) is 0 Å². The van der Waals surface area contributed by atoms with E-state index in [0.29, 0.717) is 17.2 Å². The highest BCUT2D eigenvalue weighted by atomic mass is 16.2. The summed E-state index contributed by atoms with van der Waals surface area (Å²) in [5.74, 6) is 1.30. The van der Waals surface area contributed by atoms with E-state index in [1.807, 2.05) is 0 Å². The molecule has 120 valence electrons. The van der Waals surface area contributed by atoms with Gasteiger partial charge in [-0.05, 0) is 25.8 Å². The standard InChI is InChI=1S/C15H19N7O/c1-10(16)14(23)21-12-4-5-17-13(20-12)11-8-18-15(19-9-11)22-6-2-3-7-22/h4-5,8-10H,2-3,6-7,16H2,1H3,(H,17,20,21,23). The van der Waals surface area contributed by atoms with Crippen molar-refractivity contribution in [2.24, 2.45) is 5.73 Å². The summed E-state index contributed by atoms with van der Waals surface area (Å²) in [7, 11) is 0. The van der Waals surface area contributed by atoms with E-state index in [0.717, 1.165) is 19.0 Å². The van der Waals surface area contributed by atoms with Crippen LogP contribution in [0.15, 0.2) is 24.7 Å². The number of carbonyl (C=O) groups excluding carboxylic acids is 1. The minimum Gasteiger partial charge on any atom is -0.341 e. The van der Waals surface area contributed by atoms with E-state index in [1.54, 1.807) is 31.6 Å². The van der Waals surface area contributed by atoms with Crippen molar-refractivity contribution in [3.8, 4) is 11.4 Å². The smallest absolute Gasteiger partial charge is 0.242 e. The SMILES string of the molecule is CC(N)C(=O)Nc1ccnc(-c2cnc(N3CCCC3)nc2)n1. The topological polar surface area (TPSA) is 110 Å². The molecule has 0 radical (unpaired) electrons. The fraction of sp³-hybridized carbons (Fsp3) is 0.400. The Hall–Kier alpha value is -2.61. The lowest BCUT2D eigenvalue weighted by atomic mass is 10.3. The van der Waals surface area contributed by atoms with Gasteiger partial charge in [0, 0.05) is 31.7 Å². The molecule has 0 aromatic carbocycles. The third-order valence-corrected chi connectivity index (χ3v) is 3.61. The lowest BCUT2D eigenvalue weighted by molar-refractivity contribution is -0.117. The van der Waals surface area contributed by atoms with Gasteiger partial charge in [0.15, 0.2) is 5.82 Å². The summed E-state index contributed by atoms with van der Waals surface area (Å²) in [5.41, 5.74) is 6.23. The third-order valence-electron chi connectivity index (χ3n) is 3.61. The number of hydrogen-bond acceptors (Lipinski definition) is 7. The molecule has 2 aromatic rings. The molecule has 0 spiro atoms. The number of anilines is 2. The molecule has 2 aromatic heterocycles. The summed E-state index contributed by atoms with van der Waals surface area (Å²) in [4.78, 5) is 31.1. The van der Waals surface area contributed by atoms with Crippen LogP contribution in [0.25, 0.3) is 11.4 Å². The summed E-state index contributed by atoms with van der Waals surface area (Å²) in [5, 5.41) is 2.64. The fourth-order valence-corrected chi connectivity index (χ4v) is 2.32. The van der Waals surface area contributed by atoms with Crippen LogP contribution in [-0.2, 0) is 4.79 Å². The van der Waals surface area contributed by atoms with Crippen LogP contribution < -0.4 is 16.0 Å². The van der Waals surface area contributed by atoms with Gasteiger partial charge >= 0.3 is 0 Å². The van der Waals surface area contributed by atoms with Gasteiger partial charge in [-0.15, -0.1) is 0 Å². The molecule has 1 aliphatic rings. The molecule has 1 fully saturated rings. The Labute approximate surface area is 134 Å². The summed E-state index contributed by atoms with van der Waals surface area (Å²) in [6.45, 7) is 3.60. The summed E-state index contributed by atoms with van der Waals surface area (Å²) < 4.78 is 0. The van der Waals surface area contributed by atoms with Gasteiger partial charge in [0.25, 0.3) is 0 Å². The van der Waals surface area contributed by atoms with Gasteiger partial charge in [-0.1, -0.05) is 0 Å². The van der Waals surface area contributed by atoms with E-state index in [2.05, 4.69) is 30.2 Å². The predicted molar refractivity (Wildman–Crippen MR) is 86.8 cm³/mol. The first-order valence-electron chi connectivity index (χ1n) is 7.60. The average Bonchev–Trinajstić information content (AvgIpc) is 3.09. The highest BCUT2D eigenvalue weighted by molar-refractivity contribution is 5.93. The van der Waals surface area contributed by atoms with Crippen molar-refractivity contribution in [3.05, 3.63) is 24.7 Å². The number of carbonyl (C=O) groups is 1. The van der Waals surface area contributed by atoms with Crippen molar-refractivity contribution >= 4 is 17.7 Å². The van der Waals surface area contributed by atoms with Crippen molar-refractivity contribution in [2.75, 3.05) is 23.3 Å². The maximum atomic E-state index is 11.6. The number of rotatable bonds is 4. The van der Waals surface area contributed by atoms with Gasteiger partial charge in [0.05, 0.1) is 11.6 Å². The molecular weight excluding hydrogens is 294 g/mol. The molecule has 23 heavy (non-hydrogen) atoms. The van der Waals surface area contributed by atoms with E-state index in [9.17, 15) is 4.79 Å². The van der Waals surface area contributed by atoms with Gasteiger partial charge in [-0.2, -0.15) is 0 Å². The molecule has 1 atom stereocenters. The molecule has 1 aliphatic heterocycles. The zero-order valence-electron chi connectivity index (χ0n) is 12.9. The lowest BCUT2D eigenvalue weighted by Crippen LogP contribution is -2.32. The highest BCUT2D eigenvalue weighted by Crippen LogP contribution is 2.19. The molecule has 3 heterocycles. The van der Waals surface area contributed by atoms with Gasteiger partial charge in [-0.25, -0.2) is 19.9 Å². The lowest BCUT2D eigenvalue weighted by Gasteiger charge is -2.14. The van der Waals surface area contributed by atoms with Crippen LogP contribution in [0.4, 0.5) is 11.8 Å². The van der Waals surface area contributed by atoms with Crippen LogP contribution >= 0.6 is 0 Å². The first-order chi connectivity index (χ1) is 11.1. The largest absolute Gasteiger partial charge is 0.341 e. The van der Waals surface area contributed by atoms with Crippen LogP contribution in [0.3, 0.4) is 0 Å². The van der Waals surface area contributed by atoms with Crippen LogP contribution in [0.2, 0.25) is 0 Å². The summed E-state index contributed by atoms with van der Waals surface area (Å²) in [6.07, 6.45) is 7.33. The molecule has 3 rings (SSSR count). The van der Waals surface area contributed by atoms with Crippen LogP contribution in [0.1, 0.15) is 19.8 Å². The van der Waals surface area contributed by atoms with Crippen molar-refractivity contribution in [1.82, 2.24) is 19.9 Å². The van der Waals surface area contributed by atoms with Gasteiger partial charge < -0.3 is 16.0 Å². The number of aromatic nitrogens is 4. The predicted octanol–water partition coefficient (Wildman–Crippen LogP) is 0.819. The third kappa shape index (κ3) is 3.59. The minimum atomic E-state index is -0.600.